The quantitative estimate of drug-likeness (QED) is 0.355. The number of benzene rings is 4. The molecule has 3 nitrogen and oxygen atoms in total. The van der Waals surface area contributed by atoms with Gasteiger partial charge in [0.15, 0.2) is 0 Å². The van der Waals surface area contributed by atoms with E-state index in [9.17, 15) is 9.90 Å². The molecule has 0 saturated heterocycles. The molecule has 1 N–H and O–H groups in total. The van der Waals surface area contributed by atoms with Crippen LogP contribution in [0.5, 0.6) is 0 Å². The fourth-order valence-corrected chi connectivity index (χ4v) is 5.53. The van der Waals surface area contributed by atoms with Gasteiger partial charge in [-0.25, -0.2) is 0 Å². The first-order chi connectivity index (χ1) is 16.7. The van der Waals surface area contributed by atoms with E-state index in [1.165, 1.54) is 11.1 Å². The first-order valence-corrected chi connectivity index (χ1v) is 11.8. The lowest BCUT2D eigenvalue weighted by Gasteiger charge is -2.47. The highest BCUT2D eigenvalue weighted by Gasteiger charge is 2.51. The zero-order valence-corrected chi connectivity index (χ0v) is 19.3. The number of carbonyl (C=O) groups excluding carboxylic acids is 1. The summed E-state index contributed by atoms with van der Waals surface area (Å²) in [5, 5.41) is 10.2. The summed E-state index contributed by atoms with van der Waals surface area (Å²) in [5.41, 5.74) is 6.24. The smallest absolute Gasteiger partial charge is 0.137 e. The molecule has 0 amide bonds. The van der Waals surface area contributed by atoms with Crippen LogP contribution in [0.15, 0.2) is 109 Å². The van der Waals surface area contributed by atoms with E-state index < -0.39 is 11.6 Å². The Bertz CT molecular complexity index is 1220. The third-order valence-electron chi connectivity index (χ3n) is 7.11. The predicted octanol–water partition coefficient (Wildman–Crippen LogP) is 5.66. The molecule has 5 rings (SSSR count). The van der Waals surface area contributed by atoms with Gasteiger partial charge in [0, 0.05) is 19.1 Å². The predicted molar refractivity (Wildman–Crippen MR) is 136 cm³/mol. The number of hydrogen-bond donors (Lipinski definition) is 1. The van der Waals surface area contributed by atoms with E-state index >= 15 is 0 Å². The highest BCUT2D eigenvalue weighted by Crippen LogP contribution is 2.55. The molecule has 170 valence electrons. The lowest BCUT2D eigenvalue weighted by molar-refractivity contribution is -0.117. The van der Waals surface area contributed by atoms with E-state index in [2.05, 4.69) is 89.8 Å². The third kappa shape index (κ3) is 3.49. The monoisotopic (exact) mass is 447 g/mol. The van der Waals surface area contributed by atoms with Gasteiger partial charge in [-0.1, -0.05) is 116 Å². The summed E-state index contributed by atoms with van der Waals surface area (Å²) in [6.45, 7) is 2.44. The van der Waals surface area contributed by atoms with Crippen molar-refractivity contribution in [1.82, 2.24) is 4.90 Å². The minimum Gasteiger partial charge on any atom is -0.396 e. The van der Waals surface area contributed by atoms with Crippen molar-refractivity contribution in [2.75, 3.05) is 6.61 Å². The van der Waals surface area contributed by atoms with Gasteiger partial charge < -0.3 is 9.90 Å². The zero-order valence-electron chi connectivity index (χ0n) is 19.3. The van der Waals surface area contributed by atoms with Gasteiger partial charge >= 0.3 is 0 Å². The van der Waals surface area contributed by atoms with Crippen molar-refractivity contribution in [3.63, 3.8) is 0 Å². The van der Waals surface area contributed by atoms with Crippen LogP contribution in [0.4, 0.5) is 0 Å². The molecular formula is C31H29NO2. The Morgan fingerprint density at radius 3 is 1.79 bits per heavy atom. The fraction of sp³-hybridized carbons (Fsp3) is 0.194. The maximum atomic E-state index is 12.7. The Morgan fingerprint density at radius 1 is 0.765 bits per heavy atom. The van der Waals surface area contributed by atoms with Crippen molar-refractivity contribution in [2.24, 2.45) is 5.92 Å². The summed E-state index contributed by atoms with van der Waals surface area (Å²) in [6, 6.07) is 37.3. The highest BCUT2D eigenvalue weighted by molar-refractivity contribution is 5.83. The number of hydrogen-bond acceptors (Lipinski definition) is 3. The van der Waals surface area contributed by atoms with E-state index in [4.69, 9.17) is 0 Å². The lowest BCUT2D eigenvalue weighted by atomic mass is 9.77. The van der Waals surface area contributed by atoms with Crippen molar-refractivity contribution in [3.8, 4) is 11.1 Å². The van der Waals surface area contributed by atoms with Crippen molar-refractivity contribution in [3.05, 3.63) is 131 Å². The van der Waals surface area contributed by atoms with Gasteiger partial charge in [-0.15, -0.1) is 0 Å². The number of nitrogens with zero attached hydrogens (tertiary/aromatic N) is 1. The average Bonchev–Trinajstić information content (AvgIpc) is 3.21. The minimum absolute atomic E-state index is 0.0666. The average molecular weight is 448 g/mol. The highest BCUT2D eigenvalue weighted by atomic mass is 16.3. The SMILES string of the molecule is C[C@@H](CO)[C@@H](C=O)N(Cc1ccccc1)C1(c2ccccc2)c2ccccc2-c2ccccc21. The summed E-state index contributed by atoms with van der Waals surface area (Å²) < 4.78 is 0. The molecule has 1 aliphatic carbocycles. The standard InChI is InChI=1S/C31H29NO2/c1-23(21-33)30(22-34)32(20-24-12-4-2-5-13-24)31(25-14-6-3-7-15-25)28-18-10-8-16-26(28)27-17-9-11-19-29(27)31/h2-19,22-23,30,33H,20-21H2,1H3/t23-,30+/m0/s1. The molecule has 4 aromatic carbocycles. The maximum Gasteiger partial charge on any atom is 0.137 e. The van der Waals surface area contributed by atoms with Crippen LogP contribution < -0.4 is 0 Å². The Kier molecular flexibility index (Phi) is 6.14. The second kappa shape index (κ2) is 9.38. The second-order valence-corrected chi connectivity index (χ2v) is 9.07. The summed E-state index contributed by atoms with van der Waals surface area (Å²) in [6.07, 6.45) is 1.01. The molecule has 0 aromatic heterocycles. The maximum absolute atomic E-state index is 12.7. The molecule has 2 atom stereocenters. The number of carbonyl (C=O) groups is 1. The van der Waals surface area contributed by atoms with Crippen LogP contribution in [0.3, 0.4) is 0 Å². The first kappa shape index (κ1) is 22.3. The Hall–Kier alpha value is -3.53. The third-order valence-corrected chi connectivity index (χ3v) is 7.11. The van der Waals surface area contributed by atoms with Crippen molar-refractivity contribution >= 4 is 6.29 Å². The van der Waals surface area contributed by atoms with Gasteiger partial charge in [-0.3, -0.25) is 4.90 Å². The molecule has 0 aliphatic heterocycles. The number of aliphatic hydroxyl groups is 1. The van der Waals surface area contributed by atoms with Crippen molar-refractivity contribution in [2.45, 2.75) is 25.0 Å². The van der Waals surface area contributed by atoms with Crippen molar-refractivity contribution in [1.29, 1.82) is 0 Å². The van der Waals surface area contributed by atoms with Gasteiger partial charge in [0.25, 0.3) is 0 Å². The van der Waals surface area contributed by atoms with E-state index in [-0.39, 0.29) is 12.5 Å². The van der Waals surface area contributed by atoms with Gasteiger partial charge in [0.2, 0.25) is 0 Å². The van der Waals surface area contributed by atoms with E-state index in [1.807, 2.05) is 31.2 Å². The van der Waals surface area contributed by atoms with E-state index in [1.54, 1.807) is 0 Å². The van der Waals surface area contributed by atoms with Crippen LogP contribution in [0.2, 0.25) is 0 Å². The van der Waals surface area contributed by atoms with Crippen LogP contribution in [-0.2, 0) is 16.9 Å². The Morgan fingerprint density at radius 2 is 1.26 bits per heavy atom. The molecule has 3 heteroatoms. The van der Waals surface area contributed by atoms with Crippen LogP contribution in [0.1, 0.15) is 29.2 Å². The summed E-state index contributed by atoms with van der Waals surface area (Å²) in [4.78, 5) is 15.0. The molecule has 1 aliphatic rings. The van der Waals surface area contributed by atoms with Gasteiger partial charge in [-0.05, 0) is 33.4 Å². The normalized spacial score (nSPS) is 15.4. The molecule has 0 spiro atoms. The first-order valence-electron chi connectivity index (χ1n) is 11.8. The number of fused-ring (bicyclic) bond motifs is 3. The summed E-state index contributed by atoms with van der Waals surface area (Å²) >= 11 is 0. The fourth-order valence-electron chi connectivity index (χ4n) is 5.53. The number of rotatable bonds is 8. The van der Waals surface area contributed by atoms with Gasteiger partial charge in [-0.2, -0.15) is 0 Å². The van der Waals surface area contributed by atoms with Crippen LogP contribution >= 0.6 is 0 Å². The molecule has 0 unspecified atom stereocenters. The molecule has 0 heterocycles. The molecule has 4 aromatic rings. The minimum atomic E-state index is -0.681. The van der Waals surface area contributed by atoms with Gasteiger partial charge in [0.1, 0.15) is 6.29 Å². The topological polar surface area (TPSA) is 40.5 Å². The van der Waals surface area contributed by atoms with Gasteiger partial charge in [0.05, 0.1) is 11.6 Å². The molecular weight excluding hydrogens is 418 g/mol. The zero-order chi connectivity index (χ0) is 23.5. The number of aliphatic hydroxyl groups excluding tert-OH is 1. The molecule has 0 saturated carbocycles. The number of aldehydes is 1. The van der Waals surface area contributed by atoms with E-state index in [0.29, 0.717) is 6.54 Å². The second-order valence-electron chi connectivity index (χ2n) is 9.07. The van der Waals surface area contributed by atoms with Crippen LogP contribution in [0, 0.1) is 5.92 Å². The largest absolute Gasteiger partial charge is 0.396 e. The van der Waals surface area contributed by atoms with Crippen molar-refractivity contribution < 1.29 is 9.90 Å². The molecule has 34 heavy (non-hydrogen) atoms. The summed E-state index contributed by atoms with van der Waals surface area (Å²) in [7, 11) is 0. The molecule has 0 fully saturated rings. The lowest BCUT2D eigenvalue weighted by Crippen LogP contribution is -2.54. The molecule has 0 radical (unpaired) electrons. The molecule has 0 bridgehead atoms. The van der Waals surface area contributed by atoms with Crippen LogP contribution in [-0.4, -0.2) is 28.9 Å². The Balaban J connectivity index is 1.87. The summed E-state index contributed by atoms with van der Waals surface area (Å²) in [5.74, 6) is -0.235. The van der Waals surface area contributed by atoms with Crippen LogP contribution in [0.25, 0.3) is 11.1 Å². The Labute approximate surface area is 201 Å². The van der Waals surface area contributed by atoms with E-state index in [0.717, 1.165) is 28.5 Å².